The molecule has 3 atom stereocenters. The maximum Gasteiger partial charge on any atom is 0.472 e. The fraction of sp³-hybridized carbons (Fsp3) is 0.934. The SMILES string of the molecule is CCCCCCCCCC/C=C\CCCCCCCCCCCCCCCCCCCCCCCCCCCCCCCC(=O)NC(COP(=O)(O)OCC[N+](C)(C)C)C(O)/C=C/CCCCCCCCCCCCCCCCCCCCCC. The number of likely N-dealkylation sites (N-methyl/N-ethyl adjacent to an activating group) is 1. The molecule has 0 bridgehead atoms. The Labute approximate surface area is 532 Å². The second-order valence-corrected chi connectivity index (χ2v) is 29.2. The first-order valence-electron chi connectivity index (χ1n) is 38.2. The van der Waals surface area contributed by atoms with Gasteiger partial charge in [0, 0.05) is 6.42 Å². The largest absolute Gasteiger partial charge is 0.472 e. The topological polar surface area (TPSA) is 105 Å². The molecule has 0 spiro atoms. The molecule has 0 aromatic carbocycles. The lowest BCUT2D eigenvalue weighted by Gasteiger charge is -2.25. The van der Waals surface area contributed by atoms with Crippen molar-refractivity contribution in [3.63, 3.8) is 0 Å². The lowest BCUT2D eigenvalue weighted by molar-refractivity contribution is -0.870. The van der Waals surface area contributed by atoms with Crippen LogP contribution in [0.2, 0.25) is 0 Å². The van der Waals surface area contributed by atoms with Gasteiger partial charge in [-0.2, -0.15) is 0 Å². The minimum atomic E-state index is -4.35. The Kier molecular flexibility index (Phi) is 66.6. The van der Waals surface area contributed by atoms with Gasteiger partial charge in [-0.1, -0.05) is 378 Å². The quantitative estimate of drug-likeness (QED) is 0.0243. The number of phosphoric ester groups is 1. The molecule has 1 amide bonds. The van der Waals surface area contributed by atoms with Gasteiger partial charge < -0.3 is 19.8 Å². The second kappa shape index (κ2) is 67.4. The van der Waals surface area contributed by atoms with E-state index in [1.165, 1.54) is 353 Å². The average molecular weight is 1220 g/mol. The summed E-state index contributed by atoms with van der Waals surface area (Å²) in [6, 6.07) is -0.845. The number of unbranched alkanes of at least 4 members (excludes halogenated alkanes) is 57. The fourth-order valence-corrected chi connectivity index (χ4v) is 12.7. The molecule has 0 aliphatic rings. The van der Waals surface area contributed by atoms with Crippen molar-refractivity contribution < 1.29 is 32.9 Å². The summed E-state index contributed by atoms with van der Waals surface area (Å²) in [7, 11) is 1.60. The van der Waals surface area contributed by atoms with Gasteiger partial charge in [0.1, 0.15) is 13.2 Å². The second-order valence-electron chi connectivity index (χ2n) is 27.7. The first-order valence-corrected chi connectivity index (χ1v) is 39.7. The molecule has 85 heavy (non-hydrogen) atoms. The van der Waals surface area contributed by atoms with Crippen LogP contribution >= 0.6 is 7.82 Å². The zero-order chi connectivity index (χ0) is 61.9. The van der Waals surface area contributed by atoms with Gasteiger partial charge in [0.2, 0.25) is 5.91 Å². The van der Waals surface area contributed by atoms with Crippen LogP contribution in [0.4, 0.5) is 0 Å². The smallest absolute Gasteiger partial charge is 0.387 e. The molecule has 506 valence electrons. The maximum atomic E-state index is 13.1. The van der Waals surface area contributed by atoms with Gasteiger partial charge in [0.15, 0.2) is 0 Å². The highest BCUT2D eigenvalue weighted by atomic mass is 31.2. The molecular formula is C76H152N2O6P+. The van der Waals surface area contributed by atoms with Gasteiger partial charge in [0.05, 0.1) is 39.9 Å². The van der Waals surface area contributed by atoms with E-state index in [4.69, 9.17) is 9.05 Å². The lowest BCUT2D eigenvalue weighted by atomic mass is 10.0. The number of carbonyl (C=O) groups is 1. The van der Waals surface area contributed by atoms with E-state index in [1.807, 2.05) is 27.2 Å². The summed E-state index contributed by atoms with van der Waals surface area (Å²) in [5.74, 6) is -0.167. The van der Waals surface area contributed by atoms with E-state index in [-0.39, 0.29) is 19.1 Å². The van der Waals surface area contributed by atoms with Crippen molar-refractivity contribution >= 4 is 13.7 Å². The van der Waals surface area contributed by atoms with Crippen LogP contribution in [0.3, 0.4) is 0 Å². The number of amides is 1. The van der Waals surface area contributed by atoms with Crippen LogP contribution in [0.1, 0.15) is 406 Å². The predicted octanol–water partition coefficient (Wildman–Crippen LogP) is 24.6. The minimum absolute atomic E-state index is 0.0649. The molecule has 3 unspecified atom stereocenters. The van der Waals surface area contributed by atoms with Crippen molar-refractivity contribution in [1.29, 1.82) is 0 Å². The standard InChI is InChI=1S/C76H151N2O6P/c1-6-8-10-12-14-16-18-20-22-24-26-28-30-31-32-33-34-35-36-37-38-39-40-41-42-43-44-45-46-47-48-50-52-54-56-58-60-62-64-66-68-70-76(80)77-74(73-84-85(81,82)83-72-71-78(3,4)5)75(79)69-67-65-63-61-59-57-55-53-51-49-29-27-25-23-21-19-17-15-13-11-9-7-2/h24,26,67,69,74-75,79H,6-23,25,27-66,68,70-73H2,1-5H3,(H-,77,80,81,82)/p+1/b26-24-,69-67+. The molecule has 0 saturated heterocycles. The van der Waals surface area contributed by atoms with Gasteiger partial charge in [-0.05, 0) is 44.9 Å². The molecule has 0 aromatic heterocycles. The number of allylic oxidation sites excluding steroid dienone is 3. The monoisotopic (exact) mass is 1220 g/mol. The number of phosphoric acid groups is 1. The van der Waals surface area contributed by atoms with Gasteiger partial charge >= 0.3 is 7.82 Å². The van der Waals surface area contributed by atoms with Crippen LogP contribution in [0, 0.1) is 0 Å². The Hall–Kier alpha value is -1.02. The lowest BCUT2D eigenvalue weighted by Crippen LogP contribution is -2.45. The summed E-state index contributed by atoms with van der Waals surface area (Å²) < 4.78 is 23.8. The Morgan fingerprint density at radius 2 is 0.635 bits per heavy atom. The van der Waals surface area contributed by atoms with Gasteiger partial charge in [-0.3, -0.25) is 13.8 Å². The molecule has 3 N–H and O–H groups in total. The van der Waals surface area contributed by atoms with E-state index in [1.54, 1.807) is 6.08 Å². The maximum absolute atomic E-state index is 13.1. The number of hydrogen-bond donors (Lipinski definition) is 3. The van der Waals surface area contributed by atoms with Crippen molar-refractivity contribution in [2.45, 2.75) is 418 Å². The summed E-state index contributed by atoms with van der Waals surface area (Å²) >= 11 is 0. The summed E-state index contributed by atoms with van der Waals surface area (Å²) in [6.07, 6.45) is 89.4. The summed E-state index contributed by atoms with van der Waals surface area (Å²) in [6.45, 7) is 4.88. The molecule has 0 rings (SSSR count). The molecule has 0 aliphatic carbocycles. The number of quaternary nitrogens is 1. The molecule has 0 fully saturated rings. The Morgan fingerprint density at radius 1 is 0.388 bits per heavy atom. The Bertz CT molecular complexity index is 1430. The number of nitrogens with one attached hydrogen (secondary N) is 1. The van der Waals surface area contributed by atoms with Crippen molar-refractivity contribution in [3.8, 4) is 0 Å². The highest BCUT2D eigenvalue weighted by molar-refractivity contribution is 7.47. The first kappa shape index (κ1) is 84.0. The zero-order valence-electron chi connectivity index (χ0n) is 58.1. The molecule has 8 nitrogen and oxygen atoms in total. The molecule has 0 saturated carbocycles. The normalized spacial score (nSPS) is 13.6. The van der Waals surface area contributed by atoms with Gasteiger partial charge in [0.25, 0.3) is 0 Å². The Morgan fingerprint density at radius 3 is 0.906 bits per heavy atom. The molecule has 9 heteroatoms. The van der Waals surface area contributed by atoms with Crippen LogP contribution in [-0.4, -0.2) is 73.4 Å². The van der Waals surface area contributed by atoms with Crippen LogP contribution in [0.15, 0.2) is 24.3 Å². The molecule has 0 aliphatic heterocycles. The molecular weight excluding hydrogens is 1070 g/mol. The molecule has 0 aromatic rings. The van der Waals surface area contributed by atoms with Gasteiger partial charge in [-0.15, -0.1) is 0 Å². The Balaban J connectivity index is 3.88. The number of nitrogens with zero attached hydrogens (tertiary/aromatic N) is 1. The summed E-state index contributed by atoms with van der Waals surface area (Å²) in [5.41, 5.74) is 0. The first-order chi connectivity index (χ1) is 41.5. The third-order valence-electron chi connectivity index (χ3n) is 17.9. The molecule has 0 heterocycles. The van der Waals surface area contributed by atoms with E-state index < -0.39 is 20.0 Å². The zero-order valence-corrected chi connectivity index (χ0v) is 59.0. The van der Waals surface area contributed by atoms with E-state index >= 15 is 0 Å². The number of carbonyl (C=O) groups excluding carboxylic acids is 1. The van der Waals surface area contributed by atoms with Crippen LogP contribution in [0.5, 0.6) is 0 Å². The molecule has 0 radical (unpaired) electrons. The van der Waals surface area contributed by atoms with Crippen LogP contribution in [0.25, 0.3) is 0 Å². The average Bonchev–Trinajstić information content (AvgIpc) is 3.48. The minimum Gasteiger partial charge on any atom is -0.387 e. The van der Waals surface area contributed by atoms with E-state index in [9.17, 15) is 19.4 Å². The number of aliphatic hydroxyl groups is 1. The van der Waals surface area contributed by atoms with Crippen LogP contribution < -0.4 is 5.32 Å². The van der Waals surface area contributed by atoms with Crippen molar-refractivity contribution in [2.24, 2.45) is 0 Å². The van der Waals surface area contributed by atoms with Gasteiger partial charge in [-0.25, -0.2) is 4.57 Å². The third-order valence-corrected chi connectivity index (χ3v) is 18.9. The highest BCUT2D eigenvalue weighted by Crippen LogP contribution is 2.43. The van der Waals surface area contributed by atoms with Crippen molar-refractivity contribution in [3.05, 3.63) is 24.3 Å². The number of hydrogen-bond acceptors (Lipinski definition) is 5. The summed E-state index contributed by atoms with van der Waals surface area (Å²) in [5, 5.41) is 14.0. The van der Waals surface area contributed by atoms with Crippen molar-refractivity contribution in [1.82, 2.24) is 5.32 Å². The van der Waals surface area contributed by atoms with Crippen molar-refractivity contribution in [2.75, 3.05) is 40.9 Å². The summed E-state index contributed by atoms with van der Waals surface area (Å²) in [4.78, 5) is 23.4. The number of rotatable bonds is 72. The van der Waals surface area contributed by atoms with Crippen LogP contribution in [-0.2, 0) is 18.4 Å². The number of aliphatic hydroxyl groups excluding tert-OH is 1. The predicted molar refractivity (Wildman–Crippen MR) is 374 cm³/mol. The third kappa shape index (κ3) is 70.3. The van der Waals surface area contributed by atoms with E-state index in [2.05, 4.69) is 31.3 Å². The fourth-order valence-electron chi connectivity index (χ4n) is 12.0. The van der Waals surface area contributed by atoms with E-state index in [0.717, 1.165) is 32.1 Å². The highest BCUT2D eigenvalue weighted by Gasteiger charge is 2.28. The van der Waals surface area contributed by atoms with E-state index in [0.29, 0.717) is 17.4 Å².